The van der Waals surface area contributed by atoms with Crippen molar-refractivity contribution < 1.29 is 4.55 Å². The van der Waals surface area contributed by atoms with Gasteiger partial charge in [0, 0.05) is 10.8 Å². The molecule has 0 aliphatic rings. The van der Waals surface area contributed by atoms with E-state index in [4.69, 9.17) is 11.6 Å². The maximum atomic E-state index is 12.0. The second kappa shape index (κ2) is 9.49. The van der Waals surface area contributed by atoms with Gasteiger partial charge in [-0.25, -0.2) is 0 Å². The largest absolute Gasteiger partial charge is 0.611 e. The predicted molar refractivity (Wildman–Crippen MR) is 97.2 cm³/mol. The van der Waals surface area contributed by atoms with Crippen molar-refractivity contribution in [1.29, 1.82) is 0 Å². The van der Waals surface area contributed by atoms with Crippen LogP contribution in [0.4, 0.5) is 0 Å². The Kier molecular flexibility index (Phi) is 7.61. The molecule has 0 N–H and O–H groups in total. The fourth-order valence-electron chi connectivity index (χ4n) is 1.56. The lowest BCUT2D eigenvalue weighted by molar-refractivity contribution is 0.598. The first-order valence-corrected chi connectivity index (χ1v) is 10.4. The van der Waals surface area contributed by atoms with Gasteiger partial charge in [-0.05, 0) is 52.5 Å². The summed E-state index contributed by atoms with van der Waals surface area (Å²) in [6, 6.07) is 17.4. The molecule has 0 amide bonds. The summed E-state index contributed by atoms with van der Waals surface area (Å²) in [6.07, 6.45) is 1.96. The van der Waals surface area contributed by atoms with Crippen LogP contribution >= 0.6 is 33.2 Å². The lowest BCUT2D eigenvalue weighted by atomic mass is 10.2. The van der Waals surface area contributed by atoms with E-state index in [9.17, 15) is 4.55 Å². The highest BCUT2D eigenvalue weighted by atomic mass is 35.5. The highest BCUT2D eigenvalue weighted by Crippen LogP contribution is 2.27. The first-order valence-electron chi connectivity index (χ1n) is 6.37. The normalized spacial score (nSPS) is 12.7. The van der Waals surface area contributed by atoms with Crippen LogP contribution in [-0.4, -0.2) is 10.3 Å². The molecule has 0 aromatic heterocycles. The summed E-state index contributed by atoms with van der Waals surface area (Å²) < 4.78 is 12.0. The van der Waals surface area contributed by atoms with Gasteiger partial charge in [-0.3, -0.25) is 0 Å². The average molecular weight is 355 g/mol. The minimum Gasteiger partial charge on any atom is -0.611 e. The maximum absolute atomic E-state index is 12.0. The van der Waals surface area contributed by atoms with Gasteiger partial charge in [0.05, 0.1) is 0 Å². The monoisotopic (exact) mass is 354 g/mol. The summed E-state index contributed by atoms with van der Waals surface area (Å²) in [4.78, 5) is 0.876. The first kappa shape index (κ1) is 16.8. The Morgan fingerprint density at radius 2 is 1.76 bits per heavy atom. The molecule has 2 aromatic rings. The van der Waals surface area contributed by atoms with Gasteiger partial charge in [-0.15, -0.1) is 0 Å². The van der Waals surface area contributed by atoms with Gasteiger partial charge < -0.3 is 4.55 Å². The Morgan fingerprint density at radius 1 is 1.05 bits per heavy atom. The van der Waals surface area contributed by atoms with E-state index in [2.05, 4.69) is 0 Å². The van der Waals surface area contributed by atoms with E-state index < -0.39 is 11.2 Å². The molecule has 1 nitrogen and oxygen atoms in total. The van der Waals surface area contributed by atoms with Crippen LogP contribution < -0.4 is 0 Å². The SMILES string of the molecule is [O-][S+](CC=CSSCc1ccc(Cl)cc1)c1ccccc1. The van der Waals surface area contributed by atoms with Crippen molar-refractivity contribution in [3.63, 3.8) is 0 Å². The van der Waals surface area contributed by atoms with Gasteiger partial charge in [-0.1, -0.05) is 63.5 Å². The summed E-state index contributed by atoms with van der Waals surface area (Å²) >= 11 is 4.89. The number of benzene rings is 2. The molecule has 0 saturated heterocycles. The molecule has 0 heterocycles. The van der Waals surface area contributed by atoms with E-state index in [1.165, 1.54) is 5.56 Å². The Morgan fingerprint density at radius 3 is 2.48 bits per heavy atom. The Hall–Kier alpha value is -0.520. The minimum atomic E-state index is -0.952. The Bertz CT molecular complexity index is 557. The molecule has 2 aromatic carbocycles. The zero-order valence-electron chi connectivity index (χ0n) is 11.3. The molecular weight excluding hydrogens is 340 g/mol. The molecule has 0 radical (unpaired) electrons. The molecule has 5 heteroatoms. The van der Waals surface area contributed by atoms with Gasteiger partial charge in [0.25, 0.3) is 0 Å². The highest BCUT2D eigenvalue weighted by molar-refractivity contribution is 8.77. The summed E-state index contributed by atoms with van der Waals surface area (Å²) in [5.41, 5.74) is 1.25. The van der Waals surface area contributed by atoms with Crippen LogP contribution in [0.2, 0.25) is 5.02 Å². The van der Waals surface area contributed by atoms with E-state index in [1.807, 2.05) is 66.1 Å². The quantitative estimate of drug-likeness (QED) is 0.370. The smallest absolute Gasteiger partial charge is 0.152 e. The molecule has 0 spiro atoms. The first-order chi connectivity index (χ1) is 10.3. The molecule has 110 valence electrons. The van der Waals surface area contributed by atoms with Crippen LogP contribution in [0.1, 0.15) is 5.56 Å². The molecule has 0 saturated carbocycles. The number of halogens is 1. The standard InChI is InChI=1S/C16H15ClOS3/c17-15-9-7-14(8-10-15)13-20-19-11-4-12-21(18)16-5-2-1-3-6-16/h1-11H,12-13H2. The second-order valence-electron chi connectivity index (χ2n) is 4.18. The third-order valence-corrected chi connectivity index (χ3v) is 6.14. The van der Waals surface area contributed by atoms with Gasteiger partial charge >= 0.3 is 0 Å². The number of rotatable bonds is 7. The molecule has 1 atom stereocenters. The zero-order valence-corrected chi connectivity index (χ0v) is 14.5. The van der Waals surface area contributed by atoms with E-state index in [0.29, 0.717) is 5.75 Å². The van der Waals surface area contributed by atoms with Crippen molar-refractivity contribution in [3.05, 3.63) is 76.7 Å². The summed E-state index contributed by atoms with van der Waals surface area (Å²) in [7, 11) is 3.41. The van der Waals surface area contributed by atoms with Crippen LogP contribution in [0, 0.1) is 0 Å². The lowest BCUT2D eigenvalue weighted by Crippen LogP contribution is -2.03. The summed E-state index contributed by atoms with van der Waals surface area (Å²) in [5.74, 6) is 1.48. The Labute approximate surface area is 141 Å². The Balaban J connectivity index is 1.65. The van der Waals surface area contributed by atoms with Gasteiger partial charge in [-0.2, -0.15) is 0 Å². The molecule has 0 aliphatic carbocycles. The topological polar surface area (TPSA) is 23.1 Å². The molecule has 0 bridgehead atoms. The van der Waals surface area contributed by atoms with Crippen molar-refractivity contribution >= 4 is 44.4 Å². The van der Waals surface area contributed by atoms with Crippen LogP contribution in [0.15, 0.2) is 71.0 Å². The van der Waals surface area contributed by atoms with E-state index in [-0.39, 0.29) is 0 Å². The molecule has 1 unspecified atom stereocenters. The van der Waals surface area contributed by atoms with Crippen LogP contribution in [0.25, 0.3) is 0 Å². The lowest BCUT2D eigenvalue weighted by Gasteiger charge is -2.06. The van der Waals surface area contributed by atoms with Gasteiger partial charge in [0.1, 0.15) is 5.75 Å². The summed E-state index contributed by atoms with van der Waals surface area (Å²) in [5, 5.41) is 2.77. The van der Waals surface area contributed by atoms with Crippen LogP contribution in [0.3, 0.4) is 0 Å². The van der Waals surface area contributed by atoms with Crippen molar-refractivity contribution in [3.8, 4) is 0 Å². The van der Waals surface area contributed by atoms with Crippen LogP contribution in [0.5, 0.6) is 0 Å². The van der Waals surface area contributed by atoms with E-state index in [0.717, 1.165) is 15.7 Å². The molecule has 2 rings (SSSR count). The van der Waals surface area contributed by atoms with Crippen molar-refractivity contribution in [2.24, 2.45) is 0 Å². The predicted octanol–water partition coefficient (Wildman–Crippen LogP) is 5.54. The average Bonchev–Trinajstić information content (AvgIpc) is 2.53. The number of hydrogen-bond donors (Lipinski definition) is 0. The van der Waals surface area contributed by atoms with Crippen molar-refractivity contribution in [2.75, 3.05) is 5.75 Å². The highest BCUT2D eigenvalue weighted by Gasteiger charge is 2.06. The van der Waals surface area contributed by atoms with E-state index in [1.54, 1.807) is 21.6 Å². The molecular formula is C16H15ClOS3. The fraction of sp³-hybridized carbons (Fsp3) is 0.125. The molecule has 0 aliphatic heterocycles. The third kappa shape index (κ3) is 6.41. The fourth-order valence-corrected chi connectivity index (χ4v) is 4.46. The van der Waals surface area contributed by atoms with Crippen LogP contribution in [-0.2, 0) is 16.9 Å². The summed E-state index contributed by atoms with van der Waals surface area (Å²) in [6.45, 7) is 0. The maximum Gasteiger partial charge on any atom is 0.152 e. The molecule has 0 fully saturated rings. The third-order valence-electron chi connectivity index (χ3n) is 2.61. The van der Waals surface area contributed by atoms with Crippen molar-refractivity contribution in [1.82, 2.24) is 0 Å². The second-order valence-corrected chi connectivity index (χ2v) is 8.39. The van der Waals surface area contributed by atoms with Gasteiger partial charge in [0.15, 0.2) is 4.90 Å². The van der Waals surface area contributed by atoms with Gasteiger partial charge in [0.2, 0.25) is 0 Å². The van der Waals surface area contributed by atoms with E-state index >= 15 is 0 Å². The zero-order chi connectivity index (χ0) is 14.9. The van der Waals surface area contributed by atoms with Crippen molar-refractivity contribution in [2.45, 2.75) is 10.6 Å². The minimum absolute atomic E-state index is 0.554. The number of hydrogen-bond acceptors (Lipinski definition) is 3. The molecule has 21 heavy (non-hydrogen) atoms.